The first-order valence-electron chi connectivity index (χ1n) is 9.14. The first kappa shape index (κ1) is 18.3. The quantitative estimate of drug-likeness (QED) is 0.652. The maximum absolute atomic E-state index is 6.30. The second-order valence-electron chi connectivity index (χ2n) is 6.87. The number of halogens is 1. The van der Waals surface area contributed by atoms with E-state index in [0.29, 0.717) is 5.92 Å². The van der Waals surface area contributed by atoms with E-state index in [1.807, 2.05) is 37.5 Å². The van der Waals surface area contributed by atoms with Crippen molar-refractivity contribution < 1.29 is 0 Å². The lowest BCUT2D eigenvalue weighted by atomic mass is 9.93. The molecule has 0 amide bonds. The topological polar surface area (TPSA) is 53.9 Å². The maximum atomic E-state index is 6.30. The number of likely N-dealkylation sites (tertiary alicyclic amines) is 1. The van der Waals surface area contributed by atoms with Crippen LogP contribution >= 0.6 is 22.9 Å². The number of hydrogen-bond donors (Lipinski definition) is 1. The van der Waals surface area contributed by atoms with E-state index in [4.69, 9.17) is 16.6 Å². The van der Waals surface area contributed by atoms with Crippen LogP contribution in [0.4, 0.5) is 10.9 Å². The number of benzene rings is 1. The highest BCUT2D eigenvalue weighted by atomic mass is 35.5. The van der Waals surface area contributed by atoms with Gasteiger partial charge in [0.2, 0.25) is 0 Å². The fraction of sp³-hybridized carbons (Fsp3) is 0.350. The van der Waals surface area contributed by atoms with Gasteiger partial charge in [-0.15, -0.1) is 11.3 Å². The van der Waals surface area contributed by atoms with E-state index in [0.717, 1.165) is 54.1 Å². The summed E-state index contributed by atoms with van der Waals surface area (Å²) in [6, 6.07) is 8.09. The highest BCUT2D eigenvalue weighted by Crippen LogP contribution is 2.29. The number of piperidine rings is 1. The Kier molecular flexibility index (Phi) is 5.66. The summed E-state index contributed by atoms with van der Waals surface area (Å²) in [6.45, 7) is 5.03. The predicted octanol–water partition coefficient (Wildman–Crippen LogP) is 5.02. The van der Waals surface area contributed by atoms with E-state index in [1.165, 1.54) is 10.4 Å². The molecule has 0 radical (unpaired) electrons. The fourth-order valence-electron chi connectivity index (χ4n) is 3.41. The Bertz CT molecular complexity index is 905. The largest absolute Gasteiger partial charge is 0.315 e. The molecule has 4 rings (SSSR count). The minimum atomic E-state index is 0.444. The molecule has 1 N–H and O–H groups in total. The lowest BCUT2D eigenvalue weighted by Gasteiger charge is -2.31. The minimum Gasteiger partial charge on any atom is -0.315 e. The summed E-state index contributed by atoms with van der Waals surface area (Å²) in [5, 5.41) is 4.96. The third kappa shape index (κ3) is 4.64. The molecule has 1 saturated heterocycles. The molecule has 0 unspecified atom stereocenters. The third-order valence-electron chi connectivity index (χ3n) is 4.87. The standard InChI is InChI=1S/C20H22ClN5S/c1-14-10-23-20(27-14)25-19-12-22-11-18(24-19)15-6-8-26(9-7-15)13-16-4-2-3-5-17(16)21/h2-5,10-12,15H,6-9,13H2,1H3,(H,23,24,25). The van der Waals surface area contributed by atoms with Gasteiger partial charge in [0.05, 0.1) is 11.9 Å². The Morgan fingerprint density at radius 3 is 2.74 bits per heavy atom. The van der Waals surface area contributed by atoms with Crippen LogP contribution in [0.25, 0.3) is 0 Å². The molecule has 7 heteroatoms. The van der Waals surface area contributed by atoms with Crippen molar-refractivity contribution in [1.29, 1.82) is 0 Å². The van der Waals surface area contributed by atoms with Crippen LogP contribution in [0.15, 0.2) is 42.9 Å². The predicted molar refractivity (Wildman–Crippen MR) is 111 cm³/mol. The Morgan fingerprint density at radius 1 is 1.19 bits per heavy atom. The van der Waals surface area contributed by atoms with Crippen LogP contribution < -0.4 is 5.32 Å². The van der Waals surface area contributed by atoms with Crippen LogP contribution in [0.2, 0.25) is 5.02 Å². The van der Waals surface area contributed by atoms with Crippen molar-refractivity contribution in [3.8, 4) is 0 Å². The zero-order valence-corrected chi connectivity index (χ0v) is 16.8. The van der Waals surface area contributed by atoms with Gasteiger partial charge in [-0.1, -0.05) is 29.8 Å². The average Bonchev–Trinajstić information content (AvgIpc) is 3.09. The smallest absolute Gasteiger partial charge is 0.188 e. The number of nitrogens with zero attached hydrogens (tertiary/aromatic N) is 4. The molecule has 140 valence electrons. The van der Waals surface area contributed by atoms with Crippen molar-refractivity contribution in [2.24, 2.45) is 0 Å². The zero-order chi connectivity index (χ0) is 18.6. The van der Waals surface area contributed by atoms with Gasteiger partial charge in [-0.25, -0.2) is 9.97 Å². The van der Waals surface area contributed by atoms with Gasteiger partial charge in [0.25, 0.3) is 0 Å². The number of aryl methyl sites for hydroxylation is 1. The molecule has 0 bridgehead atoms. The van der Waals surface area contributed by atoms with Gasteiger partial charge in [-0.3, -0.25) is 9.88 Å². The van der Waals surface area contributed by atoms with Gasteiger partial charge in [-0.05, 0) is 44.5 Å². The highest BCUT2D eigenvalue weighted by Gasteiger charge is 2.22. The summed E-state index contributed by atoms with van der Waals surface area (Å²) in [5.74, 6) is 1.21. The van der Waals surface area contributed by atoms with E-state index in [1.54, 1.807) is 17.5 Å². The third-order valence-corrected chi connectivity index (χ3v) is 6.06. The van der Waals surface area contributed by atoms with Gasteiger partial charge < -0.3 is 5.32 Å². The van der Waals surface area contributed by atoms with Crippen molar-refractivity contribution in [3.05, 3.63) is 64.0 Å². The molecule has 1 aliphatic rings. The Balaban J connectivity index is 1.36. The second-order valence-corrected chi connectivity index (χ2v) is 8.51. The van der Waals surface area contributed by atoms with Gasteiger partial charge in [0.1, 0.15) is 0 Å². The first-order valence-corrected chi connectivity index (χ1v) is 10.3. The van der Waals surface area contributed by atoms with Gasteiger partial charge in [0.15, 0.2) is 10.9 Å². The summed E-state index contributed by atoms with van der Waals surface area (Å²) in [4.78, 5) is 17.1. The molecule has 3 heterocycles. The van der Waals surface area contributed by atoms with Gasteiger partial charge in [0, 0.05) is 34.8 Å². The van der Waals surface area contributed by atoms with E-state index in [2.05, 4.69) is 26.3 Å². The Labute approximate surface area is 168 Å². The molecule has 2 aromatic heterocycles. The van der Waals surface area contributed by atoms with Crippen molar-refractivity contribution >= 4 is 33.9 Å². The molecule has 0 aliphatic carbocycles. The lowest BCUT2D eigenvalue weighted by molar-refractivity contribution is 0.203. The molecule has 0 atom stereocenters. The monoisotopic (exact) mass is 399 g/mol. The summed E-state index contributed by atoms with van der Waals surface area (Å²) < 4.78 is 0. The summed E-state index contributed by atoms with van der Waals surface area (Å²) in [7, 11) is 0. The number of anilines is 2. The number of rotatable bonds is 5. The first-order chi connectivity index (χ1) is 13.2. The Hall–Kier alpha value is -2.02. The SMILES string of the molecule is Cc1cnc(Nc2cncc(C3CCN(Cc4ccccc4Cl)CC3)n2)s1. The van der Waals surface area contributed by atoms with E-state index < -0.39 is 0 Å². The lowest BCUT2D eigenvalue weighted by Crippen LogP contribution is -2.32. The van der Waals surface area contributed by atoms with Crippen molar-refractivity contribution in [1.82, 2.24) is 19.9 Å². The summed E-state index contributed by atoms with van der Waals surface area (Å²) >= 11 is 7.92. The summed E-state index contributed by atoms with van der Waals surface area (Å²) in [5.41, 5.74) is 2.26. The molecule has 0 spiro atoms. The molecule has 1 aromatic carbocycles. The zero-order valence-electron chi connectivity index (χ0n) is 15.2. The number of hydrogen-bond acceptors (Lipinski definition) is 6. The highest BCUT2D eigenvalue weighted by molar-refractivity contribution is 7.15. The van der Waals surface area contributed by atoms with Crippen molar-refractivity contribution in [2.75, 3.05) is 18.4 Å². The van der Waals surface area contributed by atoms with Crippen LogP contribution in [0.1, 0.15) is 34.9 Å². The maximum Gasteiger partial charge on any atom is 0.188 e. The molecular formula is C20H22ClN5S. The number of aromatic nitrogens is 3. The molecule has 27 heavy (non-hydrogen) atoms. The fourth-order valence-corrected chi connectivity index (χ4v) is 4.28. The number of nitrogens with one attached hydrogen (secondary N) is 1. The molecule has 1 fully saturated rings. The normalized spacial score (nSPS) is 15.8. The van der Waals surface area contributed by atoms with Crippen LogP contribution in [-0.4, -0.2) is 32.9 Å². The van der Waals surface area contributed by atoms with Crippen LogP contribution in [0, 0.1) is 6.92 Å². The molecule has 0 saturated carbocycles. The second kappa shape index (κ2) is 8.33. The number of thiazole rings is 1. The van der Waals surface area contributed by atoms with Crippen LogP contribution in [0.3, 0.4) is 0 Å². The van der Waals surface area contributed by atoms with Gasteiger partial charge >= 0.3 is 0 Å². The molecule has 5 nitrogen and oxygen atoms in total. The summed E-state index contributed by atoms with van der Waals surface area (Å²) in [6.07, 6.45) is 7.68. The molecule has 1 aliphatic heterocycles. The van der Waals surface area contributed by atoms with Crippen molar-refractivity contribution in [2.45, 2.75) is 32.2 Å². The van der Waals surface area contributed by atoms with Crippen LogP contribution in [-0.2, 0) is 6.54 Å². The van der Waals surface area contributed by atoms with Crippen molar-refractivity contribution in [3.63, 3.8) is 0 Å². The van der Waals surface area contributed by atoms with E-state index in [9.17, 15) is 0 Å². The minimum absolute atomic E-state index is 0.444. The molecule has 3 aromatic rings. The average molecular weight is 400 g/mol. The van der Waals surface area contributed by atoms with Gasteiger partial charge in [-0.2, -0.15) is 0 Å². The van der Waals surface area contributed by atoms with E-state index in [-0.39, 0.29) is 0 Å². The molecular weight excluding hydrogens is 378 g/mol. The van der Waals surface area contributed by atoms with Crippen LogP contribution in [0.5, 0.6) is 0 Å². The Morgan fingerprint density at radius 2 is 2.00 bits per heavy atom. The van der Waals surface area contributed by atoms with E-state index >= 15 is 0 Å².